The van der Waals surface area contributed by atoms with Gasteiger partial charge in [-0.3, -0.25) is 4.79 Å². The van der Waals surface area contributed by atoms with Crippen LogP contribution in [0.25, 0.3) is 0 Å². The zero-order chi connectivity index (χ0) is 14.0. The quantitative estimate of drug-likeness (QED) is 0.926. The summed E-state index contributed by atoms with van der Waals surface area (Å²) in [5.41, 5.74) is 7.28. The molecule has 106 valence electrons. The van der Waals surface area contributed by atoms with Gasteiger partial charge in [-0.2, -0.15) is 0 Å². The SMILES string of the molecule is Cc1nc(C2C(N)CCCC(=O)N2CC(C)C)cs1. The average Bonchev–Trinajstić information content (AvgIpc) is 2.68. The molecule has 2 unspecified atom stereocenters. The third-order valence-corrected chi connectivity index (χ3v) is 4.28. The Kier molecular flexibility index (Phi) is 4.58. The van der Waals surface area contributed by atoms with E-state index in [1.165, 1.54) is 0 Å². The van der Waals surface area contributed by atoms with Gasteiger partial charge in [-0.1, -0.05) is 13.8 Å². The van der Waals surface area contributed by atoms with Crippen molar-refractivity contribution in [3.63, 3.8) is 0 Å². The fraction of sp³-hybridized carbons (Fsp3) is 0.714. The molecule has 2 N–H and O–H groups in total. The normalized spacial score (nSPS) is 24.9. The van der Waals surface area contributed by atoms with E-state index in [1.54, 1.807) is 11.3 Å². The number of rotatable bonds is 3. The van der Waals surface area contributed by atoms with Crippen molar-refractivity contribution in [3.8, 4) is 0 Å². The van der Waals surface area contributed by atoms with Crippen LogP contribution in [-0.4, -0.2) is 28.4 Å². The number of carbonyl (C=O) groups excluding carboxylic acids is 1. The summed E-state index contributed by atoms with van der Waals surface area (Å²) in [5, 5.41) is 3.08. The molecule has 0 aromatic carbocycles. The minimum absolute atomic E-state index is 0.00769. The third kappa shape index (κ3) is 3.34. The molecule has 1 aliphatic rings. The molecule has 1 aromatic rings. The van der Waals surface area contributed by atoms with Crippen LogP contribution in [0.4, 0.5) is 0 Å². The van der Waals surface area contributed by atoms with Gasteiger partial charge in [0.2, 0.25) is 5.91 Å². The van der Waals surface area contributed by atoms with Gasteiger partial charge in [-0.25, -0.2) is 4.98 Å². The van der Waals surface area contributed by atoms with Crippen molar-refractivity contribution >= 4 is 17.2 Å². The Bertz CT molecular complexity index is 444. The van der Waals surface area contributed by atoms with Crippen molar-refractivity contribution < 1.29 is 4.79 Å². The highest BCUT2D eigenvalue weighted by molar-refractivity contribution is 7.09. The van der Waals surface area contributed by atoms with E-state index in [0.717, 1.165) is 30.1 Å². The standard InChI is InChI=1S/C14H23N3OS/c1-9(2)7-17-13(18)6-4-5-11(15)14(17)12-8-19-10(3)16-12/h8-9,11,14H,4-7,15H2,1-3H3. The van der Waals surface area contributed by atoms with Gasteiger partial charge in [-0.15, -0.1) is 11.3 Å². The highest BCUT2D eigenvalue weighted by Crippen LogP contribution is 2.31. The number of aromatic nitrogens is 1. The first-order chi connectivity index (χ1) is 8.99. The Morgan fingerprint density at radius 1 is 1.58 bits per heavy atom. The Hall–Kier alpha value is -0.940. The minimum atomic E-state index is -0.0534. The van der Waals surface area contributed by atoms with E-state index in [4.69, 9.17) is 5.73 Å². The molecule has 19 heavy (non-hydrogen) atoms. The predicted octanol–water partition coefficient (Wildman–Crippen LogP) is 2.49. The molecular weight excluding hydrogens is 258 g/mol. The van der Waals surface area contributed by atoms with Crippen molar-refractivity contribution in [1.29, 1.82) is 0 Å². The molecule has 4 nitrogen and oxygen atoms in total. The highest BCUT2D eigenvalue weighted by atomic mass is 32.1. The summed E-state index contributed by atoms with van der Waals surface area (Å²) in [6, 6.07) is -0.0611. The van der Waals surface area contributed by atoms with Gasteiger partial charge in [0.1, 0.15) is 0 Å². The van der Waals surface area contributed by atoms with Crippen LogP contribution in [0.1, 0.15) is 49.9 Å². The first kappa shape index (κ1) is 14.5. The van der Waals surface area contributed by atoms with E-state index in [0.29, 0.717) is 12.3 Å². The first-order valence-corrected chi connectivity index (χ1v) is 7.84. The number of carbonyl (C=O) groups is 1. The number of likely N-dealkylation sites (tertiary alicyclic amines) is 1. The Balaban J connectivity index is 2.33. The van der Waals surface area contributed by atoms with E-state index in [-0.39, 0.29) is 18.0 Å². The molecule has 0 aliphatic carbocycles. The molecule has 1 saturated heterocycles. The molecule has 0 radical (unpaired) electrons. The lowest BCUT2D eigenvalue weighted by Crippen LogP contribution is -2.44. The lowest BCUT2D eigenvalue weighted by Gasteiger charge is -2.33. The monoisotopic (exact) mass is 281 g/mol. The van der Waals surface area contributed by atoms with Crippen LogP contribution in [-0.2, 0) is 4.79 Å². The second-order valence-corrected chi connectivity index (χ2v) is 6.79. The molecule has 5 heteroatoms. The summed E-state index contributed by atoms with van der Waals surface area (Å²) in [7, 11) is 0. The van der Waals surface area contributed by atoms with Crippen molar-refractivity contribution in [3.05, 3.63) is 16.1 Å². The number of hydrogen-bond acceptors (Lipinski definition) is 4. The summed E-state index contributed by atoms with van der Waals surface area (Å²) in [6.45, 7) is 7.01. The molecule has 0 saturated carbocycles. The predicted molar refractivity (Wildman–Crippen MR) is 78.0 cm³/mol. The summed E-state index contributed by atoms with van der Waals surface area (Å²) < 4.78 is 0. The Morgan fingerprint density at radius 3 is 2.89 bits per heavy atom. The molecule has 2 rings (SSSR count). The molecule has 1 aromatic heterocycles. The van der Waals surface area contributed by atoms with E-state index >= 15 is 0 Å². The van der Waals surface area contributed by atoms with Crippen LogP contribution in [0, 0.1) is 12.8 Å². The average molecular weight is 281 g/mol. The zero-order valence-corrected chi connectivity index (χ0v) is 12.7. The topological polar surface area (TPSA) is 59.2 Å². The first-order valence-electron chi connectivity index (χ1n) is 6.96. The van der Waals surface area contributed by atoms with Gasteiger partial charge >= 0.3 is 0 Å². The zero-order valence-electron chi connectivity index (χ0n) is 11.9. The molecule has 2 atom stereocenters. The number of nitrogens with two attached hydrogens (primary N) is 1. The van der Waals surface area contributed by atoms with Crippen molar-refractivity contribution in [1.82, 2.24) is 9.88 Å². The molecule has 0 bridgehead atoms. The van der Waals surface area contributed by atoms with Gasteiger partial charge in [0.25, 0.3) is 0 Å². The number of aryl methyl sites for hydroxylation is 1. The summed E-state index contributed by atoms with van der Waals surface area (Å²) in [4.78, 5) is 18.9. The number of thiazole rings is 1. The molecule has 1 amide bonds. The summed E-state index contributed by atoms with van der Waals surface area (Å²) in [5.74, 6) is 0.661. The second-order valence-electron chi connectivity index (χ2n) is 5.73. The summed E-state index contributed by atoms with van der Waals surface area (Å²) in [6.07, 6.45) is 2.38. The van der Waals surface area contributed by atoms with E-state index < -0.39 is 0 Å². The molecule has 2 heterocycles. The van der Waals surface area contributed by atoms with Gasteiger partial charge in [0.05, 0.1) is 16.7 Å². The summed E-state index contributed by atoms with van der Waals surface area (Å²) >= 11 is 1.62. The lowest BCUT2D eigenvalue weighted by atomic mass is 10.0. The third-order valence-electron chi connectivity index (χ3n) is 3.49. The smallest absolute Gasteiger partial charge is 0.223 e. The Labute approximate surface area is 119 Å². The van der Waals surface area contributed by atoms with E-state index in [9.17, 15) is 4.79 Å². The number of amides is 1. The lowest BCUT2D eigenvalue weighted by molar-refractivity contribution is -0.134. The van der Waals surface area contributed by atoms with Crippen LogP contribution in [0.15, 0.2) is 5.38 Å². The maximum absolute atomic E-state index is 12.3. The number of nitrogens with zero attached hydrogens (tertiary/aromatic N) is 2. The highest BCUT2D eigenvalue weighted by Gasteiger charge is 2.34. The van der Waals surface area contributed by atoms with Crippen LogP contribution < -0.4 is 5.73 Å². The van der Waals surface area contributed by atoms with E-state index in [2.05, 4.69) is 18.8 Å². The van der Waals surface area contributed by atoms with Gasteiger partial charge < -0.3 is 10.6 Å². The maximum atomic E-state index is 12.3. The van der Waals surface area contributed by atoms with Crippen LogP contribution in [0.5, 0.6) is 0 Å². The number of hydrogen-bond donors (Lipinski definition) is 1. The Morgan fingerprint density at radius 2 is 2.32 bits per heavy atom. The van der Waals surface area contributed by atoms with Crippen molar-refractivity contribution in [2.75, 3.05) is 6.54 Å². The molecule has 1 aliphatic heterocycles. The van der Waals surface area contributed by atoms with Gasteiger partial charge in [0.15, 0.2) is 0 Å². The van der Waals surface area contributed by atoms with Gasteiger partial charge in [0, 0.05) is 24.4 Å². The molecule has 1 fully saturated rings. The maximum Gasteiger partial charge on any atom is 0.223 e. The van der Waals surface area contributed by atoms with Crippen LogP contribution in [0.2, 0.25) is 0 Å². The van der Waals surface area contributed by atoms with Crippen molar-refractivity contribution in [2.24, 2.45) is 11.7 Å². The van der Waals surface area contributed by atoms with Crippen molar-refractivity contribution in [2.45, 2.75) is 52.1 Å². The molecular formula is C14H23N3OS. The van der Waals surface area contributed by atoms with Gasteiger partial charge in [-0.05, 0) is 25.7 Å². The second kappa shape index (κ2) is 6.01. The van der Waals surface area contributed by atoms with E-state index in [1.807, 2.05) is 17.2 Å². The largest absolute Gasteiger partial charge is 0.332 e. The fourth-order valence-electron chi connectivity index (χ4n) is 2.68. The molecule has 0 spiro atoms. The van der Waals surface area contributed by atoms with Crippen LogP contribution >= 0.6 is 11.3 Å². The minimum Gasteiger partial charge on any atom is -0.332 e. The van der Waals surface area contributed by atoms with Crippen LogP contribution in [0.3, 0.4) is 0 Å². The fourth-order valence-corrected chi connectivity index (χ4v) is 3.32.